The molecule has 8 heteroatoms. The molecule has 3 unspecified atom stereocenters. The Morgan fingerprint density at radius 3 is 2.72 bits per heavy atom. The number of nitrogens with one attached hydrogen (secondary N) is 2. The number of carbonyl (C=O) groups is 4. The van der Waals surface area contributed by atoms with E-state index in [2.05, 4.69) is 15.5 Å². The average molecular weight is 398 g/mol. The lowest BCUT2D eigenvalue weighted by atomic mass is 9.88. The maximum Gasteiger partial charge on any atom is 0.261 e. The minimum absolute atomic E-state index is 0.109. The highest BCUT2D eigenvalue weighted by molar-refractivity contribution is 6.07. The van der Waals surface area contributed by atoms with Crippen LogP contribution >= 0.6 is 0 Å². The summed E-state index contributed by atoms with van der Waals surface area (Å²) in [6, 6.07) is 4.67. The first kappa shape index (κ1) is 19.6. The summed E-state index contributed by atoms with van der Waals surface area (Å²) in [5.41, 5.74) is 2.23. The molecule has 154 valence electrons. The predicted molar refractivity (Wildman–Crippen MR) is 106 cm³/mol. The maximum absolute atomic E-state index is 13.0. The molecule has 8 nitrogen and oxygen atoms in total. The number of hydrogen-bond donors (Lipinski definition) is 2. The predicted octanol–water partition coefficient (Wildman–Crippen LogP) is 0.445. The van der Waals surface area contributed by atoms with Crippen LogP contribution in [0.1, 0.15) is 35.2 Å². The molecule has 3 atom stereocenters. The highest BCUT2D eigenvalue weighted by Gasteiger charge is 2.36. The van der Waals surface area contributed by atoms with Gasteiger partial charge in [0.05, 0.1) is 0 Å². The van der Waals surface area contributed by atoms with Crippen LogP contribution in [0.2, 0.25) is 0 Å². The fourth-order valence-electron chi connectivity index (χ4n) is 4.70. The Morgan fingerprint density at radius 1 is 1.21 bits per heavy atom. The van der Waals surface area contributed by atoms with Gasteiger partial charge in [-0.2, -0.15) is 0 Å². The van der Waals surface area contributed by atoms with Crippen molar-refractivity contribution in [2.75, 3.05) is 31.1 Å². The number of aryl methyl sites for hydroxylation is 1. The molecule has 0 bridgehead atoms. The third-order valence-electron chi connectivity index (χ3n) is 6.40. The van der Waals surface area contributed by atoms with E-state index in [1.807, 2.05) is 19.1 Å². The first-order valence-corrected chi connectivity index (χ1v) is 10.2. The molecule has 3 saturated heterocycles. The summed E-state index contributed by atoms with van der Waals surface area (Å²) >= 11 is 0. The van der Waals surface area contributed by atoms with Crippen LogP contribution in [-0.4, -0.2) is 61.3 Å². The van der Waals surface area contributed by atoms with Gasteiger partial charge in [0.2, 0.25) is 18.2 Å². The van der Waals surface area contributed by atoms with Gasteiger partial charge in [-0.15, -0.1) is 0 Å². The van der Waals surface area contributed by atoms with Crippen LogP contribution in [-0.2, 0) is 14.4 Å². The lowest BCUT2D eigenvalue weighted by Gasteiger charge is -2.36. The summed E-state index contributed by atoms with van der Waals surface area (Å²) in [6.45, 7) is 5.99. The second-order valence-electron chi connectivity index (χ2n) is 8.20. The van der Waals surface area contributed by atoms with Gasteiger partial charge < -0.3 is 10.2 Å². The quantitative estimate of drug-likeness (QED) is 0.564. The fraction of sp³-hybridized carbons (Fsp3) is 0.524. The molecule has 1 aromatic rings. The minimum atomic E-state index is -0.953. The van der Waals surface area contributed by atoms with Crippen LogP contribution in [0.15, 0.2) is 18.2 Å². The van der Waals surface area contributed by atoms with Crippen molar-refractivity contribution in [3.8, 4) is 0 Å². The van der Waals surface area contributed by atoms with Gasteiger partial charge >= 0.3 is 0 Å². The molecule has 0 radical (unpaired) electrons. The standard InChI is InChI=1S/C21H26N4O4/c1-13-8-16(24-7-6-14-9-22-10-15(14)11-24)2-3-17(13)21(29)25(12-26)18-4-5-19(27)23-20(18)28/h2-3,8,12,14-15,18,22H,4-7,9-11H2,1H3,(H,23,27,28). The van der Waals surface area contributed by atoms with Crippen LogP contribution in [0.25, 0.3) is 0 Å². The number of piperidine rings is 2. The first-order chi connectivity index (χ1) is 14.0. The summed E-state index contributed by atoms with van der Waals surface area (Å²) in [4.78, 5) is 51.3. The van der Waals surface area contributed by atoms with Crippen LogP contribution in [0.4, 0.5) is 5.69 Å². The van der Waals surface area contributed by atoms with Gasteiger partial charge in [-0.3, -0.25) is 29.4 Å². The molecule has 1 aromatic carbocycles. The Hall–Kier alpha value is -2.74. The van der Waals surface area contributed by atoms with Crippen molar-refractivity contribution in [3.63, 3.8) is 0 Å². The van der Waals surface area contributed by atoms with E-state index in [0.717, 1.165) is 54.7 Å². The molecule has 3 aliphatic heterocycles. The summed E-state index contributed by atoms with van der Waals surface area (Å²) in [6.07, 6.45) is 1.80. The number of fused-ring (bicyclic) bond motifs is 1. The Balaban J connectivity index is 1.51. The Kier molecular flexibility index (Phi) is 5.36. The highest BCUT2D eigenvalue weighted by atomic mass is 16.2. The second kappa shape index (κ2) is 7.94. The number of carbonyl (C=O) groups excluding carboxylic acids is 4. The van der Waals surface area contributed by atoms with Gasteiger partial charge in [-0.1, -0.05) is 0 Å². The van der Waals surface area contributed by atoms with Crippen LogP contribution in [0.3, 0.4) is 0 Å². The molecule has 3 heterocycles. The number of nitrogens with zero attached hydrogens (tertiary/aromatic N) is 2. The Bertz CT molecular complexity index is 855. The molecule has 3 aliphatic rings. The molecule has 0 spiro atoms. The smallest absolute Gasteiger partial charge is 0.261 e. The highest BCUT2D eigenvalue weighted by Crippen LogP contribution is 2.31. The summed E-state index contributed by atoms with van der Waals surface area (Å²) in [5, 5.41) is 5.66. The average Bonchev–Trinajstić information content (AvgIpc) is 3.17. The minimum Gasteiger partial charge on any atom is -0.371 e. The SMILES string of the molecule is Cc1cc(N2CCC3CNCC3C2)ccc1C(=O)N(C=O)C1CCC(=O)NC1=O. The lowest BCUT2D eigenvalue weighted by Crippen LogP contribution is -2.53. The van der Waals surface area contributed by atoms with E-state index in [-0.39, 0.29) is 18.7 Å². The summed E-state index contributed by atoms with van der Waals surface area (Å²) in [5.74, 6) is -0.0982. The number of rotatable bonds is 4. The number of anilines is 1. The number of benzene rings is 1. The van der Waals surface area contributed by atoms with Crippen molar-refractivity contribution in [2.24, 2.45) is 11.8 Å². The van der Waals surface area contributed by atoms with Gasteiger partial charge in [0.1, 0.15) is 6.04 Å². The molecule has 2 N–H and O–H groups in total. The van der Waals surface area contributed by atoms with Crippen molar-refractivity contribution in [3.05, 3.63) is 29.3 Å². The molecule has 0 aromatic heterocycles. The fourth-order valence-corrected chi connectivity index (χ4v) is 4.70. The van der Waals surface area contributed by atoms with Crippen LogP contribution < -0.4 is 15.5 Å². The van der Waals surface area contributed by atoms with E-state index in [4.69, 9.17) is 0 Å². The van der Waals surface area contributed by atoms with E-state index in [9.17, 15) is 19.2 Å². The monoisotopic (exact) mass is 398 g/mol. The Labute approximate surface area is 169 Å². The van der Waals surface area contributed by atoms with E-state index < -0.39 is 17.9 Å². The van der Waals surface area contributed by atoms with Crippen molar-refractivity contribution in [1.82, 2.24) is 15.5 Å². The van der Waals surface area contributed by atoms with Gasteiger partial charge in [-0.25, -0.2) is 0 Å². The van der Waals surface area contributed by atoms with Gasteiger partial charge in [0.25, 0.3) is 5.91 Å². The Morgan fingerprint density at radius 2 is 2.00 bits per heavy atom. The third-order valence-corrected chi connectivity index (χ3v) is 6.40. The molecule has 29 heavy (non-hydrogen) atoms. The maximum atomic E-state index is 13.0. The van der Waals surface area contributed by atoms with Gasteiger partial charge in [0.15, 0.2) is 0 Å². The molecule has 0 saturated carbocycles. The molecule has 0 aliphatic carbocycles. The topological polar surface area (TPSA) is 98.8 Å². The number of imide groups is 2. The van der Waals surface area contributed by atoms with E-state index in [1.165, 1.54) is 0 Å². The van der Waals surface area contributed by atoms with Crippen molar-refractivity contribution >= 4 is 29.8 Å². The van der Waals surface area contributed by atoms with Crippen molar-refractivity contribution < 1.29 is 19.2 Å². The molecule has 4 amide bonds. The van der Waals surface area contributed by atoms with Crippen molar-refractivity contribution in [1.29, 1.82) is 0 Å². The first-order valence-electron chi connectivity index (χ1n) is 10.2. The number of amides is 4. The number of hydrogen-bond acceptors (Lipinski definition) is 6. The summed E-state index contributed by atoms with van der Waals surface area (Å²) < 4.78 is 0. The third kappa shape index (κ3) is 3.76. The van der Waals surface area contributed by atoms with E-state index >= 15 is 0 Å². The largest absolute Gasteiger partial charge is 0.371 e. The molecule has 3 fully saturated rings. The van der Waals surface area contributed by atoms with Crippen LogP contribution in [0.5, 0.6) is 0 Å². The van der Waals surface area contributed by atoms with Crippen LogP contribution in [0, 0.1) is 18.8 Å². The zero-order chi connectivity index (χ0) is 20.5. The van der Waals surface area contributed by atoms with E-state index in [1.54, 1.807) is 6.07 Å². The summed E-state index contributed by atoms with van der Waals surface area (Å²) in [7, 11) is 0. The molecular formula is C21H26N4O4. The second-order valence-corrected chi connectivity index (χ2v) is 8.20. The zero-order valence-electron chi connectivity index (χ0n) is 16.5. The zero-order valence-corrected chi connectivity index (χ0v) is 16.5. The lowest BCUT2D eigenvalue weighted by molar-refractivity contribution is -0.139. The van der Waals surface area contributed by atoms with Crippen molar-refractivity contribution in [2.45, 2.75) is 32.2 Å². The van der Waals surface area contributed by atoms with E-state index in [0.29, 0.717) is 17.9 Å². The van der Waals surface area contributed by atoms with Gasteiger partial charge in [-0.05, 0) is 68.5 Å². The molecular weight excluding hydrogens is 372 g/mol. The van der Waals surface area contributed by atoms with Gasteiger partial charge in [0, 0.05) is 30.8 Å². The normalized spacial score (nSPS) is 26.7. The molecule has 4 rings (SSSR count).